The summed E-state index contributed by atoms with van der Waals surface area (Å²) in [6.07, 6.45) is 8.46. The summed E-state index contributed by atoms with van der Waals surface area (Å²) in [6, 6.07) is 2.77. The lowest BCUT2D eigenvalue weighted by Crippen LogP contribution is -2.55. The molecular formula is C33H47ClF3NO3S. The molecule has 236 valence electrons. The van der Waals surface area contributed by atoms with Crippen LogP contribution >= 0.6 is 11.6 Å². The number of hydrogen-bond acceptors (Lipinski definition) is 3. The van der Waals surface area contributed by atoms with E-state index in [1.54, 1.807) is 0 Å². The van der Waals surface area contributed by atoms with Crippen molar-refractivity contribution >= 4 is 27.5 Å². The number of nitrogens with one attached hydrogen (secondary N) is 1. The van der Waals surface area contributed by atoms with Gasteiger partial charge in [-0.3, -0.25) is 4.79 Å². The third-order valence-corrected chi connectivity index (χ3v) is 14.6. The first-order valence-electron chi connectivity index (χ1n) is 16.0. The van der Waals surface area contributed by atoms with E-state index < -0.39 is 37.6 Å². The van der Waals surface area contributed by atoms with Gasteiger partial charge in [0, 0.05) is 6.42 Å². The van der Waals surface area contributed by atoms with Crippen molar-refractivity contribution in [1.82, 2.24) is 4.72 Å². The fourth-order valence-corrected chi connectivity index (χ4v) is 12.6. The molecular weight excluding hydrogens is 583 g/mol. The monoisotopic (exact) mass is 629 g/mol. The van der Waals surface area contributed by atoms with Gasteiger partial charge in [-0.15, -0.1) is 0 Å². The molecule has 4 nitrogen and oxygen atoms in total. The number of rotatable bonds is 7. The fourth-order valence-electron chi connectivity index (χ4n) is 10.8. The van der Waals surface area contributed by atoms with Crippen LogP contribution in [0.5, 0.6) is 0 Å². The summed E-state index contributed by atoms with van der Waals surface area (Å²) in [5.41, 5.74) is -0.714. The van der Waals surface area contributed by atoms with Crippen molar-refractivity contribution in [2.45, 2.75) is 116 Å². The maximum atomic E-state index is 13.5. The smallest absolute Gasteiger partial charge is 0.274 e. The lowest BCUT2D eigenvalue weighted by Gasteiger charge is -2.63. The van der Waals surface area contributed by atoms with Gasteiger partial charge in [-0.05, 0) is 116 Å². The standard InChI is InChI=1S/C33H47ClF3NO3S/c1-5-21-19-22-25-14-13-23(32(25,4)18-16-26(22)31(3)17-7-6-9-24(21)31)20(2)12-15-29(39)38-42(40,41)30-27(33(35,36)37)10-8-11-28(30)34/h8,10-11,20-26H,5-7,9,12-19H2,1-4H3,(H,38,39)/t20-,21+,22?,23-,24+,25?,26?,31+,32-/m1/s1. The molecule has 1 amide bonds. The molecule has 0 radical (unpaired) electrons. The van der Waals surface area contributed by atoms with Crippen molar-refractivity contribution in [3.05, 3.63) is 28.8 Å². The van der Waals surface area contributed by atoms with Gasteiger partial charge in [0.25, 0.3) is 10.0 Å². The summed E-state index contributed by atoms with van der Waals surface area (Å²) in [5.74, 6) is 3.80. The van der Waals surface area contributed by atoms with Gasteiger partial charge < -0.3 is 0 Å². The van der Waals surface area contributed by atoms with Crippen LogP contribution in [0.4, 0.5) is 13.2 Å². The van der Waals surface area contributed by atoms with Gasteiger partial charge in [0.15, 0.2) is 0 Å². The molecule has 0 spiro atoms. The quantitative estimate of drug-likeness (QED) is 0.327. The Morgan fingerprint density at radius 2 is 1.76 bits per heavy atom. The number of halogens is 4. The summed E-state index contributed by atoms with van der Waals surface area (Å²) >= 11 is 5.88. The van der Waals surface area contributed by atoms with Crippen LogP contribution < -0.4 is 4.72 Å². The summed E-state index contributed by atoms with van der Waals surface area (Å²) in [4.78, 5) is 11.7. The predicted octanol–water partition coefficient (Wildman–Crippen LogP) is 9.27. The van der Waals surface area contributed by atoms with Crippen LogP contribution in [0.15, 0.2) is 23.1 Å². The Kier molecular flexibility index (Phi) is 8.85. The van der Waals surface area contributed by atoms with Gasteiger partial charge in [0.1, 0.15) is 4.90 Å². The summed E-state index contributed by atoms with van der Waals surface area (Å²) in [5, 5.41) is -0.569. The topological polar surface area (TPSA) is 63.2 Å². The zero-order chi connectivity index (χ0) is 30.7. The van der Waals surface area contributed by atoms with Gasteiger partial charge in [-0.25, -0.2) is 13.1 Å². The largest absolute Gasteiger partial charge is 0.417 e. The Labute approximate surface area is 255 Å². The first-order chi connectivity index (χ1) is 19.6. The number of carbonyl (C=O) groups excluding carboxylic acids is 1. The molecule has 1 N–H and O–H groups in total. The van der Waals surface area contributed by atoms with Crippen molar-refractivity contribution in [3.8, 4) is 0 Å². The highest BCUT2D eigenvalue weighted by molar-refractivity contribution is 7.90. The lowest BCUT2D eigenvalue weighted by atomic mass is 9.42. The minimum atomic E-state index is -4.93. The van der Waals surface area contributed by atoms with E-state index in [0.717, 1.165) is 42.2 Å². The van der Waals surface area contributed by atoms with Crippen LogP contribution in [-0.4, -0.2) is 14.3 Å². The molecule has 4 fully saturated rings. The van der Waals surface area contributed by atoms with Crippen molar-refractivity contribution in [2.24, 2.45) is 52.3 Å². The van der Waals surface area contributed by atoms with Crippen LogP contribution in [0.2, 0.25) is 5.02 Å². The average molecular weight is 630 g/mol. The van der Waals surface area contributed by atoms with Crippen molar-refractivity contribution < 1.29 is 26.4 Å². The van der Waals surface area contributed by atoms with Crippen LogP contribution in [-0.2, 0) is 21.0 Å². The maximum Gasteiger partial charge on any atom is 0.417 e. The first-order valence-corrected chi connectivity index (χ1v) is 17.9. The molecule has 0 bridgehead atoms. The number of alkyl halides is 3. The van der Waals surface area contributed by atoms with E-state index >= 15 is 0 Å². The molecule has 4 aliphatic carbocycles. The maximum absolute atomic E-state index is 13.5. The molecule has 1 aromatic rings. The van der Waals surface area contributed by atoms with E-state index in [4.69, 9.17) is 11.6 Å². The Morgan fingerprint density at radius 3 is 2.45 bits per heavy atom. The fraction of sp³-hybridized carbons (Fsp3) is 0.788. The molecule has 0 saturated heterocycles. The Hall–Kier alpha value is -1.28. The molecule has 5 rings (SSSR count). The average Bonchev–Trinajstić information content (AvgIpc) is 3.27. The van der Waals surface area contributed by atoms with Crippen molar-refractivity contribution in [1.29, 1.82) is 0 Å². The highest BCUT2D eigenvalue weighted by Crippen LogP contribution is 2.69. The molecule has 4 saturated carbocycles. The van der Waals surface area contributed by atoms with E-state index in [-0.39, 0.29) is 17.8 Å². The number of amides is 1. The molecule has 4 aliphatic rings. The highest BCUT2D eigenvalue weighted by Gasteiger charge is 2.61. The molecule has 1 aromatic carbocycles. The molecule has 9 heteroatoms. The zero-order valence-corrected chi connectivity index (χ0v) is 27.0. The van der Waals surface area contributed by atoms with E-state index in [0.29, 0.717) is 29.7 Å². The van der Waals surface area contributed by atoms with Crippen LogP contribution in [0.3, 0.4) is 0 Å². The second-order valence-electron chi connectivity index (χ2n) is 14.5. The Balaban J connectivity index is 1.25. The van der Waals surface area contributed by atoms with E-state index in [1.807, 2.05) is 4.72 Å². The van der Waals surface area contributed by atoms with Gasteiger partial charge in [-0.2, -0.15) is 13.2 Å². The van der Waals surface area contributed by atoms with Gasteiger partial charge in [-0.1, -0.05) is 64.6 Å². The van der Waals surface area contributed by atoms with E-state index in [2.05, 4.69) is 27.7 Å². The van der Waals surface area contributed by atoms with Gasteiger partial charge in [0.2, 0.25) is 5.91 Å². The highest BCUT2D eigenvalue weighted by atomic mass is 35.5. The second-order valence-corrected chi connectivity index (χ2v) is 16.6. The van der Waals surface area contributed by atoms with E-state index in [9.17, 15) is 26.4 Å². The van der Waals surface area contributed by atoms with E-state index in [1.165, 1.54) is 57.8 Å². The number of fused-ring (bicyclic) bond motifs is 5. The van der Waals surface area contributed by atoms with Gasteiger partial charge >= 0.3 is 6.18 Å². The predicted molar refractivity (Wildman–Crippen MR) is 159 cm³/mol. The number of benzene rings is 1. The first kappa shape index (κ1) is 32.1. The number of hydrogen-bond donors (Lipinski definition) is 1. The SMILES string of the molecule is CC[C@H]1CC2C3CC[C@H]([C@H](C)CCC(=O)NS(=O)(=O)c4c(Cl)cccc4C(F)(F)F)[C@@]3(C)CCC2[C@@]2(C)CCCC[C@@H]12. The molecule has 0 aliphatic heterocycles. The summed E-state index contributed by atoms with van der Waals surface area (Å²) in [7, 11) is -4.79. The Bertz CT molecular complexity index is 1290. The third kappa shape index (κ3) is 5.54. The van der Waals surface area contributed by atoms with Crippen molar-refractivity contribution in [3.63, 3.8) is 0 Å². The minimum Gasteiger partial charge on any atom is -0.274 e. The summed E-state index contributed by atoms with van der Waals surface area (Å²) in [6.45, 7) is 9.62. The lowest BCUT2D eigenvalue weighted by molar-refractivity contribution is -0.140. The third-order valence-electron chi connectivity index (χ3n) is 12.7. The molecule has 0 heterocycles. The number of carbonyl (C=O) groups is 1. The number of sulfonamides is 1. The van der Waals surface area contributed by atoms with Gasteiger partial charge in [0.05, 0.1) is 10.6 Å². The molecule has 9 atom stereocenters. The van der Waals surface area contributed by atoms with Crippen LogP contribution in [0.25, 0.3) is 0 Å². The van der Waals surface area contributed by atoms with Crippen molar-refractivity contribution in [2.75, 3.05) is 0 Å². The second kappa shape index (κ2) is 11.6. The van der Waals surface area contributed by atoms with Crippen LogP contribution in [0.1, 0.15) is 110 Å². The zero-order valence-electron chi connectivity index (χ0n) is 25.4. The van der Waals surface area contributed by atoms with Crippen LogP contribution in [0, 0.1) is 52.3 Å². The summed E-state index contributed by atoms with van der Waals surface area (Å²) < 4.78 is 68.1. The Morgan fingerprint density at radius 1 is 1.05 bits per heavy atom. The molecule has 42 heavy (non-hydrogen) atoms. The minimum absolute atomic E-state index is 0.0623. The normalized spacial score (nSPS) is 37.3. The molecule has 3 unspecified atom stereocenters. The molecule has 0 aromatic heterocycles.